The van der Waals surface area contributed by atoms with E-state index in [0.29, 0.717) is 33.7 Å². The van der Waals surface area contributed by atoms with Crippen molar-refractivity contribution < 1.29 is 27.9 Å². The van der Waals surface area contributed by atoms with Crippen LogP contribution in [0.3, 0.4) is 0 Å². The van der Waals surface area contributed by atoms with Crippen LogP contribution in [0, 0.1) is 6.92 Å². The number of para-hydroxylation sites is 1. The van der Waals surface area contributed by atoms with Crippen molar-refractivity contribution in [2.45, 2.75) is 18.4 Å². The molecule has 13 heteroatoms. The van der Waals surface area contributed by atoms with Crippen LogP contribution in [0.25, 0.3) is 16.7 Å². The van der Waals surface area contributed by atoms with E-state index in [4.69, 9.17) is 14.7 Å². The fourth-order valence-electron chi connectivity index (χ4n) is 4.23. The molecule has 0 spiro atoms. The van der Waals surface area contributed by atoms with E-state index < -0.39 is 16.1 Å². The molecule has 3 heterocycles. The number of benzene rings is 2. The minimum absolute atomic E-state index is 0.00736. The summed E-state index contributed by atoms with van der Waals surface area (Å²) < 4.78 is 41.8. The summed E-state index contributed by atoms with van der Waals surface area (Å²) in [6.45, 7) is 1.53. The Balaban J connectivity index is 1.80. The van der Waals surface area contributed by atoms with Crippen LogP contribution in [-0.2, 0) is 16.6 Å². The normalized spacial score (nSPS) is 11.3. The van der Waals surface area contributed by atoms with Gasteiger partial charge in [0, 0.05) is 12.4 Å². The molecular formula is C27H24N6O6S. The van der Waals surface area contributed by atoms with Gasteiger partial charge in [-0.25, -0.2) is 28.4 Å². The van der Waals surface area contributed by atoms with Crippen molar-refractivity contribution in [2.24, 2.45) is 0 Å². The van der Waals surface area contributed by atoms with E-state index in [9.17, 15) is 13.2 Å². The number of hydroxylamine groups is 1. The molecule has 0 unspecified atom stereocenters. The Bertz CT molecular complexity index is 1760. The van der Waals surface area contributed by atoms with Crippen LogP contribution in [0.5, 0.6) is 11.5 Å². The number of aromatic nitrogens is 4. The van der Waals surface area contributed by atoms with Gasteiger partial charge in [-0.2, -0.15) is 5.10 Å². The molecule has 2 aromatic carbocycles. The summed E-state index contributed by atoms with van der Waals surface area (Å²) in [6.07, 6.45) is 3.10. The SMILES string of the molecule is COc1ccc(S(=O)(=O)N(Cc2cccnc2)c2c(OC(=O)NO)cnc3c2c(C)nn3-c2ccccc2)cc1. The summed E-state index contributed by atoms with van der Waals surface area (Å²) in [7, 11) is -2.81. The number of ether oxygens (including phenoxy) is 2. The molecule has 0 fully saturated rings. The fourth-order valence-corrected chi connectivity index (χ4v) is 5.70. The average Bonchev–Trinajstić information content (AvgIpc) is 3.33. The fraction of sp³-hybridized carbons (Fsp3) is 0.111. The van der Waals surface area contributed by atoms with E-state index in [2.05, 4.69) is 15.1 Å². The Morgan fingerprint density at radius 3 is 2.45 bits per heavy atom. The van der Waals surface area contributed by atoms with Gasteiger partial charge < -0.3 is 9.47 Å². The standard InChI is InChI=1S/C27H24N6O6S/c1-18-24-25(23(39-27(34)31-35)16-29-26(24)33(30-18)20-8-4-3-5-9-20)32(17-19-7-6-14-28-15-19)40(36,37)22-12-10-21(38-2)11-13-22/h3-16,35H,17H2,1-2H3,(H,31,34). The molecule has 12 nitrogen and oxygen atoms in total. The summed E-state index contributed by atoms with van der Waals surface area (Å²) in [4.78, 5) is 20.7. The number of hydrogen-bond acceptors (Lipinski definition) is 9. The maximum atomic E-state index is 14.3. The van der Waals surface area contributed by atoms with Crippen molar-refractivity contribution in [3.8, 4) is 17.2 Å². The quantitative estimate of drug-likeness (QED) is 0.212. The number of amides is 1. The van der Waals surface area contributed by atoms with Crippen LogP contribution in [0.4, 0.5) is 10.5 Å². The molecule has 0 aliphatic rings. The number of nitrogens with one attached hydrogen (secondary N) is 1. The van der Waals surface area contributed by atoms with Gasteiger partial charge in [-0.05, 0) is 55.0 Å². The number of rotatable bonds is 8. The molecule has 0 saturated heterocycles. The average molecular weight is 561 g/mol. The van der Waals surface area contributed by atoms with Crippen LogP contribution in [0.1, 0.15) is 11.3 Å². The molecular weight excluding hydrogens is 536 g/mol. The summed E-state index contributed by atoms with van der Waals surface area (Å²) in [5, 5.41) is 14.1. The van der Waals surface area contributed by atoms with Crippen LogP contribution < -0.4 is 19.3 Å². The van der Waals surface area contributed by atoms with Crippen LogP contribution in [0.2, 0.25) is 0 Å². The monoisotopic (exact) mass is 560 g/mol. The number of carbonyl (C=O) groups excluding carboxylic acids is 1. The summed E-state index contributed by atoms with van der Waals surface area (Å²) in [6, 6.07) is 18.5. The van der Waals surface area contributed by atoms with Crippen LogP contribution in [-0.4, -0.2) is 46.6 Å². The van der Waals surface area contributed by atoms with Gasteiger partial charge in [0.25, 0.3) is 10.0 Å². The Hall–Kier alpha value is -5.01. The predicted molar refractivity (Wildman–Crippen MR) is 145 cm³/mol. The largest absolute Gasteiger partial charge is 0.497 e. The Labute approximate surface area is 229 Å². The van der Waals surface area contributed by atoms with Crippen molar-refractivity contribution in [1.82, 2.24) is 25.2 Å². The number of anilines is 1. The molecule has 3 aromatic heterocycles. The number of aryl methyl sites for hydroxylation is 1. The zero-order valence-electron chi connectivity index (χ0n) is 21.4. The Kier molecular flexibility index (Phi) is 7.31. The molecule has 1 amide bonds. The van der Waals surface area contributed by atoms with E-state index in [1.165, 1.54) is 49.2 Å². The van der Waals surface area contributed by atoms with E-state index >= 15 is 0 Å². The number of methoxy groups -OCH3 is 1. The minimum atomic E-state index is -4.29. The highest BCUT2D eigenvalue weighted by atomic mass is 32.2. The Morgan fingerprint density at radius 2 is 1.80 bits per heavy atom. The first kappa shape index (κ1) is 26.6. The van der Waals surface area contributed by atoms with Crippen molar-refractivity contribution in [3.05, 3.63) is 96.6 Å². The third kappa shape index (κ3) is 5.02. The number of nitrogens with zero attached hydrogens (tertiary/aromatic N) is 5. The van der Waals surface area contributed by atoms with Crippen molar-refractivity contribution in [3.63, 3.8) is 0 Å². The van der Waals surface area contributed by atoms with Gasteiger partial charge in [-0.15, -0.1) is 0 Å². The number of pyridine rings is 2. The van der Waals surface area contributed by atoms with E-state index in [1.54, 1.807) is 29.9 Å². The topological polar surface area (TPSA) is 149 Å². The molecule has 0 saturated carbocycles. The van der Waals surface area contributed by atoms with Gasteiger partial charge in [0.2, 0.25) is 0 Å². The lowest BCUT2D eigenvalue weighted by molar-refractivity contribution is 0.127. The van der Waals surface area contributed by atoms with Crippen LogP contribution >= 0.6 is 0 Å². The van der Waals surface area contributed by atoms with E-state index in [1.807, 2.05) is 30.3 Å². The Morgan fingerprint density at radius 1 is 1.05 bits per heavy atom. The second-order valence-corrected chi connectivity index (χ2v) is 10.4. The summed E-state index contributed by atoms with van der Waals surface area (Å²) in [5.74, 6) is 0.267. The van der Waals surface area contributed by atoms with Crippen molar-refractivity contribution in [1.29, 1.82) is 0 Å². The molecule has 0 atom stereocenters. The van der Waals surface area contributed by atoms with Gasteiger partial charge in [-0.3, -0.25) is 14.5 Å². The maximum Gasteiger partial charge on any atom is 0.436 e. The summed E-state index contributed by atoms with van der Waals surface area (Å²) >= 11 is 0. The van der Waals surface area contributed by atoms with Crippen molar-refractivity contribution >= 4 is 32.8 Å². The molecule has 204 valence electrons. The smallest absolute Gasteiger partial charge is 0.436 e. The van der Waals surface area contributed by atoms with Gasteiger partial charge in [-0.1, -0.05) is 24.3 Å². The second kappa shape index (κ2) is 11.0. The highest BCUT2D eigenvalue weighted by Crippen LogP contribution is 2.41. The first-order chi connectivity index (χ1) is 19.3. The third-order valence-electron chi connectivity index (χ3n) is 6.05. The third-order valence-corrected chi connectivity index (χ3v) is 7.81. The zero-order chi connectivity index (χ0) is 28.3. The molecule has 5 aromatic rings. The molecule has 0 radical (unpaired) electrons. The highest BCUT2D eigenvalue weighted by molar-refractivity contribution is 7.92. The first-order valence-electron chi connectivity index (χ1n) is 11.9. The predicted octanol–water partition coefficient (Wildman–Crippen LogP) is 4.01. The zero-order valence-corrected chi connectivity index (χ0v) is 22.2. The lowest BCUT2D eigenvalue weighted by Crippen LogP contribution is -2.32. The molecule has 0 bridgehead atoms. The second-order valence-electron chi connectivity index (χ2n) is 8.55. The number of fused-ring (bicyclic) bond motifs is 1. The number of sulfonamides is 1. The first-order valence-corrected chi connectivity index (χ1v) is 13.4. The number of hydrogen-bond donors (Lipinski definition) is 2. The molecule has 0 aliphatic carbocycles. The minimum Gasteiger partial charge on any atom is -0.497 e. The molecule has 5 rings (SSSR count). The van der Waals surface area contributed by atoms with Gasteiger partial charge in [0.05, 0.1) is 41.5 Å². The van der Waals surface area contributed by atoms with E-state index in [-0.39, 0.29) is 22.9 Å². The maximum absolute atomic E-state index is 14.3. The highest BCUT2D eigenvalue weighted by Gasteiger charge is 2.33. The molecule has 2 N–H and O–H groups in total. The van der Waals surface area contributed by atoms with Gasteiger partial charge in [0.15, 0.2) is 11.4 Å². The van der Waals surface area contributed by atoms with Gasteiger partial charge >= 0.3 is 6.09 Å². The molecule has 0 aliphatic heterocycles. The lowest BCUT2D eigenvalue weighted by Gasteiger charge is -2.27. The van der Waals surface area contributed by atoms with Gasteiger partial charge in [0.1, 0.15) is 11.4 Å². The summed E-state index contributed by atoms with van der Waals surface area (Å²) in [5.41, 5.74) is 3.43. The van der Waals surface area contributed by atoms with Crippen molar-refractivity contribution in [2.75, 3.05) is 11.4 Å². The lowest BCUT2D eigenvalue weighted by atomic mass is 10.2. The molecule has 40 heavy (non-hydrogen) atoms. The van der Waals surface area contributed by atoms with Crippen LogP contribution in [0.15, 0.2) is 90.2 Å². The number of carbonyl (C=O) groups is 1. The van der Waals surface area contributed by atoms with E-state index in [0.717, 1.165) is 4.31 Å².